The average molecular weight is 319 g/mol. The smallest absolute Gasteiger partial charge is 0.317 e. The van der Waals surface area contributed by atoms with E-state index in [2.05, 4.69) is 15.9 Å². The molecule has 0 spiro atoms. The van der Waals surface area contributed by atoms with Crippen LogP contribution in [-0.2, 0) is 16.1 Å². The lowest BCUT2D eigenvalue weighted by Gasteiger charge is -2.19. The number of amides is 1. The predicted octanol–water partition coefficient (Wildman–Crippen LogP) is 0.960. The van der Waals surface area contributed by atoms with Gasteiger partial charge in [-0.15, -0.1) is 0 Å². The highest BCUT2D eigenvalue weighted by atomic mass is 79.9. The van der Waals surface area contributed by atoms with Crippen molar-refractivity contribution in [2.45, 2.75) is 6.54 Å². The summed E-state index contributed by atoms with van der Waals surface area (Å²) in [6.07, 6.45) is 0. The average Bonchev–Trinajstić information content (AvgIpc) is 2.23. The van der Waals surface area contributed by atoms with Crippen molar-refractivity contribution in [2.24, 2.45) is 5.73 Å². The van der Waals surface area contributed by atoms with E-state index < -0.39 is 17.7 Å². The van der Waals surface area contributed by atoms with Crippen LogP contribution in [0.4, 0.5) is 4.39 Å². The molecule has 1 rings (SSSR count). The first kappa shape index (κ1) is 14.6. The highest BCUT2D eigenvalue weighted by Gasteiger charge is 2.15. The molecule has 18 heavy (non-hydrogen) atoms. The van der Waals surface area contributed by atoms with Gasteiger partial charge in [-0.2, -0.15) is 0 Å². The molecule has 0 bridgehead atoms. The summed E-state index contributed by atoms with van der Waals surface area (Å²) in [6, 6.07) is 4.44. The van der Waals surface area contributed by atoms with E-state index in [1.165, 1.54) is 17.0 Å². The van der Waals surface area contributed by atoms with E-state index in [1.807, 2.05) is 0 Å². The normalized spacial score (nSPS) is 10.6. The third-order valence-corrected chi connectivity index (χ3v) is 3.05. The van der Waals surface area contributed by atoms with E-state index in [0.29, 0.717) is 5.56 Å². The summed E-state index contributed by atoms with van der Waals surface area (Å²) in [6.45, 7) is -0.422. The van der Waals surface area contributed by atoms with Crippen LogP contribution in [0.3, 0.4) is 0 Å². The number of nitrogens with zero attached hydrogens (tertiary/aromatic N) is 1. The number of benzene rings is 1. The molecular weight excluding hydrogens is 307 g/mol. The van der Waals surface area contributed by atoms with Gasteiger partial charge in [-0.05, 0) is 27.6 Å². The van der Waals surface area contributed by atoms with Crippen LogP contribution in [0.25, 0.3) is 0 Å². The minimum absolute atomic E-state index is 0.119. The third-order valence-electron chi connectivity index (χ3n) is 2.16. The van der Waals surface area contributed by atoms with Crippen molar-refractivity contribution >= 4 is 27.8 Å². The van der Waals surface area contributed by atoms with Gasteiger partial charge in [-0.25, -0.2) is 4.39 Å². The number of primary amides is 1. The van der Waals surface area contributed by atoms with Gasteiger partial charge in [0.05, 0.1) is 17.6 Å². The van der Waals surface area contributed by atoms with E-state index in [1.54, 1.807) is 6.07 Å². The molecule has 1 aromatic carbocycles. The summed E-state index contributed by atoms with van der Waals surface area (Å²) in [4.78, 5) is 22.8. The van der Waals surface area contributed by atoms with Crippen molar-refractivity contribution in [3.8, 4) is 0 Å². The number of hydrogen-bond acceptors (Lipinski definition) is 3. The maximum Gasteiger partial charge on any atom is 0.317 e. The molecule has 3 N–H and O–H groups in total. The second-order valence-electron chi connectivity index (χ2n) is 3.72. The standard InChI is InChI=1S/C11H12BrFN2O3/c12-11-7(2-1-3-8(11)13)4-15(5-9(14)16)6-10(17)18/h1-3H,4-6H2,(H2,14,16)(H,17,18). The molecule has 0 aliphatic rings. The lowest BCUT2D eigenvalue weighted by molar-refractivity contribution is -0.138. The zero-order chi connectivity index (χ0) is 13.7. The highest BCUT2D eigenvalue weighted by molar-refractivity contribution is 9.10. The van der Waals surface area contributed by atoms with Crippen molar-refractivity contribution in [1.29, 1.82) is 0 Å². The van der Waals surface area contributed by atoms with E-state index in [-0.39, 0.29) is 24.1 Å². The molecule has 0 radical (unpaired) electrons. The minimum atomic E-state index is -1.08. The van der Waals surface area contributed by atoms with Crippen molar-refractivity contribution in [3.63, 3.8) is 0 Å². The highest BCUT2D eigenvalue weighted by Crippen LogP contribution is 2.21. The van der Waals surface area contributed by atoms with Gasteiger partial charge in [0, 0.05) is 6.54 Å². The molecule has 0 fully saturated rings. The molecule has 1 amide bonds. The van der Waals surface area contributed by atoms with Crippen LogP contribution in [0.2, 0.25) is 0 Å². The second kappa shape index (κ2) is 6.46. The molecule has 0 unspecified atom stereocenters. The van der Waals surface area contributed by atoms with Gasteiger partial charge >= 0.3 is 5.97 Å². The Morgan fingerprint density at radius 1 is 1.39 bits per heavy atom. The van der Waals surface area contributed by atoms with Crippen molar-refractivity contribution in [3.05, 3.63) is 34.1 Å². The van der Waals surface area contributed by atoms with Crippen molar-refractivity contribution < 1.29 is 19.1 Å². The molecule has 5 nitrogen and oxygen atoms in total. The first-order valence-electron chi connectivity index (χ1n) is 5.05. The Morgan fingerprint density at radius 2 is 2.06 bits per heavy atom. The van der Waals surface area contributed by atoms with Crippen molar-refractivity contribution in [1.82, 2.24) is 4.90 Å². The molecule has 0 saturated heterocycles. The quantitative estimate of drug-likeness (QED) is 0.818. The van der Waals surface area contributed by atoms with Gasteiger partial charge < -0.3 is 10.8 Å². The number of aliphatic carboxylic acids is 1. The van der Waals surface area contributed by atoms with E-state index in [9.17, 15) is 14.0 Å². The van der Waals surface area contributed by atoms with Crippen LogP contribution in [0, 0.1) is 5.82 Å². The Morgan fingerprint density at radius 3 is 2.61 bits per heavy atom. The molecule has 0 aliphatic carbocycles. The number of carbonyl (C=O) groups is 2. The number of carboxylic acid groups (broad SMARTS) is 1. The fourth-order valence-electron chi connectivity index (χ4n) is 1.49. The van der Waals surface area contributed by atoms with Crippen LogP contribution in [0.15, 0.2) is 22.7 Å². The molecule has 0 atom stereocenters. The largest absolute Gasteiger partial charge is 0.480 e. The summed E-state index contributed by atoms with van der Waals surface area (Å²) >= 11 is 3.08. The first-order chi connectivity index (χ1) is 8.40. The summed E-state index contributed by atoms with van der Waals surface area (Å²) < 4.78 is 13.5. The number of carbonyl (C=O) groups excluding carboxylic acids is 1. The Balaban J connectivity index is 2.84. The Bertz CT molecular complexity index is 452. The molecule has 0 aromatic heterocycles. The summed E-state index contributed by atoms with van der Waals surface area (Å²) in [5, 5.41) is 8.72. The van der Waals surface area contributed by atoms with Gasteiger partial charge in [0.2, 0.25) is 5.91 Å². The van der Waals surface area contributed by atoms with Crippen LogP contribution >= 0.6 is 15.9 Å². The van der Waals surface area contributed by atoms with E-state index >= 15 is 0 Å². The van der Waals surface area contributed by atoms with Crippen LogP contribution < -0.4 is 5.73 Å². The van der Waals surface area contributed by atoms with Gasteiger partial charge in [0.15, 0.2) is 0 Å². The number of carboxylic acids is 1. The SMILES string of the molecule is NC(=O)CN(CC(=O)O)Cc1cccc(F)c1Br. The fraction of sp³-hybridized carbons (Fsp3) is 0.273. The lowest BCUT2D eigenvalue weighted by atomic mass is 10.2. The topological polar surface area (TPSA) is 83.6 Å². The number of halogens is 2. The summed E-state index contributed by atoms with van der Waals surface area (Å²) in [7, 11) is 0. The lowest BCUT2D eigenvalue weighted by Crippen LogP contribution is -2.37. The van der Waals surface area contributed by atoms with Gasteiger partial charge in [-0.1, -0.05) is 12.1 Å². The molecule has 0 heterocycles. The zero-order valence-corrected chi connectivity index (χ0v) is 11.0. The van der Waals surface area contributed by atoms with Crippen LogP contribution in [0.5, 0.6) is 0 Å². The second-order valence-corrected chi connectivity index (χ2v) is 4.51. The summed E-state index contributed by atoms with van der Waals surface area (Å²) in [5.74, 6) is -2.16. The Kier molecular flexibility index (Phi) is 5.24. The first-order valence-corrected chi connectivity index (χ1v) is 5.84. The number of rotatable bonds is 6. The Labute approximate surface area is 112 Å². The molecule has 1 aromatic rings. The van der Waals surface area contributed by atoms with Gasteiger partial charge in [0.1, 0.15) is 5.82 Å². The van der Waals surface area contributed by atoms with E-state index in [4.69, 9.17) is 10.8 Å². The van der Waals surface area contributed by atoms with Crippen molar-refractivity contribution in [2.75, 3.05) is 13.1 Å². The van der Waals surface area contributed by atoms with Gasteiger partial charge in [0.25, 0.3) is 0 Å². The van der Waals surface area contributed by atoms with Crippen LogP contribution in [-0.4, -0.2) is 35.0 Å². The van der Waals surface area contributed by atoms with E-state index in [0.717, 1.165) is 0 Å². The monoisotopic (exact) mass is 318 g/mol. The van der Waals surface area contributed by atoms with Crippen LogP contribution in [0.1, 0.15) is 5.56 Å². The van der Waals surface area contributed by atoms with Gasteiger partial charge in [-0.3, -0.25) is 14.5 Å². The molecule has 98 valence electrons. The molecule has 0 saturated carbocycles. The number of hydrogen-bond donors (Lipinski definition) is 2. The predicted molar refractivity (Wildman–Crippen MR) is 66.2 cm³/mol. The molecule has 7 heteroatoms. The Hall–Kier alpha value is -1.47. The third kappa shape index (κ3) is 4.42. The summed E-state index contributed by atoms with van der Waals surface area (Å²) in [5.41, 5.74) is 5.58. The number of nitrogens with two attached hydrogens (primary N) is 1. The molecule has 0 aliphatic heterocycles. The zero-order valence-electron chi connectivity index (χ0n) is 9.40. The maximum absolute atomic E-state index is 13.3. The fourth-order valence-corrected chi connectivity index (χ4v) is 1.88. The molecular formula is C11H12BrFN2O3. The minimum Gasteiger partial charge on any atom is -0.480 e. The maximum atomic E-state index is 13.3.